The molecular formula is C22H19N5O4. The Bertz CT molecular complexity index is 1370. The maximum absolute atomic E-state index is 12.7. The smallest absolute Gasteiger partial charge is 0.332 e. The summed E-state index contributed by atoms with van der Waals surface area (Å²) in [5.74, 6) is -0.0374. The van der Waals surface area contributed by atoms with E-state index in [4.69, 9.17) is 10.5 Å². The molecule has 0 aliphatic heterocycles. The van der Waals surface area contributed by atoms with E-state index < -0.39 is 11.6 Å². The van der Waals surface area contributed by atoms with Crippen molar-refractivity contribution >= 4 is 22.9 Å². The van der Waals surface area contributed by atoms with Crippen LogP contribution in [0.4, 0.5) is 0 Å². The van der Waals surface area contributed by atoms with Gasteiger partial charge >= 0.3 is 5.69 Å². The van der Waals surface area contributed by atoms with E-state index in [0.717, 1.165) is 0 Å². The number of hydrogen-bond donors (Lipinski definition) is 2. The second-order valence-corrected chi connectivity index (χ2v) is 6.79. The van der Waals surface area contributed by atoms with E-state index >= 15 is 0 Å². The summed E-state index contributed by atoms with van der Waals surface area (Å²) in [6, 6.07) is 13.6. The van der Waals surface area contributed by atoms with Crippen LogP contribution in [0.15, 0.2) is 53.3 Å². The monoisotopic (exact) mass is 417 g/mol. The fourth-order valence-electron chi connectivity index (χ4n) is 3.26. The summed E-state index contributed by atoms with van der Waals surface area (Å²) in [6.45, 7) is 3.85. The van der Waals surface area contributed by atoms with E-state index in [9.17, 15) is 14.4 Å². The fourth-order valence-corrected chi connectivity index (χ4v) is 3.26. The Labute approximate surface area is 176 Å². The largest absolute Gasteiger partial charge is 0.494 e. The predicted octanol–water partition coefficient (Wildman–Crippen LogP) is 2.48. The number of nitrogens with two attached hydrogens (primary N) is 1. The van der Waals surface area contributed by atoms with Gasteiger partial charge in [-0.15, -0.1) is 0 Å². The zero-order valence-electron chi connectivity index (χ0n) is 16.9. The molecule has 156 valence electrons. The highest BCUT2D eigenvalue weighted by Crippen LogP contribution is 2.24. The van der Waals surface area contributed by atoms with Crippen molar-refractivity contribution in [2.75, 3.05) is 6.61 Å². The van der Waals surface area contributed by atoms with Crippen molar-refractivity contribution in [2.45, 2.75) is 13.8 Å². The number of carbonyl (C=O) groups excluding carboxylic acids is 2. The molecule has 3 N–H and O–H groups in total. The number of carbonyl (C=O) groups is 2. The average molecular weight is 417 g/mol. The van der Waals surface area contributed by atoms with Crippen molar-refractivity contribution < 1.29 is 14.3 Å². The van der Waals surface area contributed by atoms with Crippen molar-refractivity contribution in [2.24, 2.45) is 5.73 Å². The number of benzene rings is 2. The lowest BCUT2D eigenvalue weighted by atomic mass is 10.1. The van der Waals surface area contributed by atoms with Crippen molar-refractivity contribution in [3.05, 3.63) is 70.3 Å². The highest BCUT2D eigenvalue weighted by atomic mass is 16.5. The fraction of sp³-hybridized carbons (Fsp3) is 0.136. The van der Waals surface area contributed by atoms with E-state index in [1.165, 1.54) is 11.5 Å². The SMILES string of the molecule is CCOc1ccc(-c2nc(C(N)=O)c3[nH]c(=O)n(-c4cccc(C(C)=O)c4)c3n2)cc1. The average Bonchev–Trinajstić information content (AvgIpc) is 3.09. The number of imidazole rings is 1. The minimum atomic E-state index is -0.800. The Balaban J connectivity index is 1.96. The molecule has 0 aliphatic rings. The second-order valence-electron chi connectivity index (χ2n) is 6.79. The maximum Gasteiger partial charge on any atom is 0.332 e. The normalized spacial score (nSPS) is 10.9. The van der Waals surface area contributed by atoms with Gasteiger partial charge in [0.2, 0.25) is 0 Å². The first-order valence-corrected chi connectivity index (χ1v) is 9.56. The number of nitrogens with zero attached hydrogens (tertiary/aromatic N) is 3. The Morgan fingerprint density at radius 2 is 1.87 bits per heavy atom. The Morgan fingerprint density at radius 1 is 1.13 bits per heavy atom. The predicted molar refractivity (Wildman–Crippen MR) is 115 cm³/mol. The number of aromatic nitrogens is 4. The summed E-state index contributed by atoms with van der Waals surface area (Å²) in [5, 5.41) is 0. The van der Waals surface area contributed by atoms with Crippen LogP contribution in [-0.4, -0.2) is 37.8 Å². The summed E-state index contributed by atoms with van der Waals surface area (Å²) in [5.41, 5.74) is 6.68. The van der Waals surface area contributed by atoms with Crippen molar-refractivity contribution in [1.29, 1.82) is 0 Å². The van der Waals surface area contributed by atoms with Gasteiger partial charge in [0.05, 0.1) is 12.3 Å². The molecule has 0 saturated heterocycles. The summed E-state index contributed by atoms with van der Waals surface area (Å²) >= 11 is 0. The van der Waals surface area contributed by atoms with E-state index in [0.29, 0.717) is 29.2 Å². The minimum absolute atomic E-state index is 0.104. The van der Waals surface area contributed by atoms with Crippen LogP contribution in [0.2, 0.25) is 0 Å². The molecule has 9 heteroatoms. The molecule has 0 atom stereocenters. The molecule has 4 rings (SSSR count). The number of primary amides is 1. The Morgan fingerprint density at radius 3 is 2.52 bits per heavy atom. The molecule has 0 unspecified atom stereocenters. The zero-order chi connectivity index (χ0) is 22.1. The van der Waals surface area contributed by atoms with Gasteiger partial charge < -0.3 is 15.5 Å². The molecule has 9 nitrogen and oxygen atoms in total. The molecule has 4 aromatic rings. The third-order valence-electron chi connectivity index (χ3n) is 4.70. The lowest BCUT2D eigenvalue weighted by Gasteiger charge is -2.08. The Kier molecular flexibility index (Phi) is 5.08. The summed E-state index contributed by atoms with van der Waals surface area (Å²) in [7, 11) is 0. The quantitative estimate of drug-likeness (QED) is 0.463. The number of aromatic amines is 1. The number of Topliss-reactive ketones (excluding diaryl/α,β-unsaturated/α-hetero) is 1. The molecule has 0 radical (unpaired) electrons. The molecule has 2 heterocycles. The molecule has 31 heavy (non-hydrogen) atoms. The molecule has 0 aliphatic carbocycles. The van der Waals surface area contributed by atoms with Gasteiger partial charge in [0.15, 0.2) is 22.9 Å². The first-order chi connectivity index (χ1) is 14.9. The van der Waals surface area contributed by atoms with Gasteiger partial charge in [0, 0.05) is 11.1 Å². The van der Waals surface area contributed by atoms with E-state index in [-0.39, 0.29) is 28.5 Å². The van der Waals surface area contributed by atoms with Crippen LogP contribution >= 0.6 is 0 Å². The number of nitrogens with one attached hydrogen (secondary N) is 1. The minimum Gasteiger partial charge on any atom is -0.494 e. The first-order valence-electron chi connectivity index (χ1n) is 9.56. The molecule has 2 aromatic heterocycles. The second kappa shape index (κ2) is 7.86. The van der Waals surface area contributed by atoms with Crippen LogP contribution in [0, 0.1) is 0 Å². The van der Waals surface area contributed by atoms with Crippen LogP contribution in [0.25, 0.3) is 28.2 Å². The summed E-state index contributed by atoms with van der Waals surface area (Å²) in [6.07, 6.45) is 0. The van der Waals surface area contributed by atoms with Gasteiger partial charge in [0.1, 0.15) is 11.3 Å². The standard InChI is InChI=1S/C22H19N5O4/c1-3-31-16-9-7-13(8-10-16)20-24-17(19(23)29)18-21(26-20)27(22(30)25-18)15-6-4-5-14(11-15)12(2)28/h4-11H,3H2,1-2H3,(H2,23,29)(H,25,30). The molecule has 0 spiro atoms. The van der Waals surface area contributed by atoms with Gasteiger partial charge in [-0.05, 0) is 50.2 Å². The number of ether oxygens (including phenoxy) is 1. The van der Waals surface area contributed by atoms with Crippen LogP contribution in [0.5, 0.6) is 5.75 Å². The topological polar surface area (TPSA) is 133 Å². The number of amides is 1. The summed E-state index contributed by atoms with van der Waals surface area (Å²) < 4.78 is 6.73. The van der Waals surface area contributed by atoms with E-state index in [1.54, 1.807) is 48.5 Å². The highest BCUT2D eigenvalue weighted by molar-refractivity contribution is 6.02. The number of hydrogen-bond acceptors (Lipinski definition) is 6. The van der Waals surface area contributed by atoms with E-state index in [2.05, 4.69) is 15.0 Å². The number of ketones is 1. The summed E-state index contributed by atoms with van der Waals surface area (Å²) in [4.78, 5) is 48.0. The van der Waals surface area contributed by atoms with Crippen LogP contribution in [-0.2, 0) is 0 Å². The van der Waals surface area contributed by atoms with Crippen LogP contribution in [0.1, 0.15) is 34.7 Å². The Hall–Kier alpha value is -4.27. The zero-order valence-corrected chi connectivity index (χ0v) is 16.9. The number of rotatable bonds is 6. The molecule has 0 fully saturated rings. The van der Waals surface area contributed by atoms with Crippen molar-refractivity contribution in [3.63, 3.8) is 0 Å². The van der Waals surface area contributed by atoms with Gasteiger partial charge in [-0.1, -0.05) is 12.1 Å². The third kappa shape index (κ3) is 3.68. The molecular weight excluding hydrogens is 398 g/mol. The van der Waals surface area contributed by atoms with Crippen molar-refractivity contribution in [1.82, 2.24) is 19.5 Å². The number of H-pyrrole nitrogens is 1. The highest BCUT2D eigenvalue weighted by Gasteiger charge is 2.20. The number of fused-ring (bicyclic) bond motifs is 1. The first kappa shape index (κ1) is 20.0. The van der Waals surface area contributed by atoms with Gasteiger partial charge in [-0.2, -0.15) is 0 Å². The van der Waals surface area contributed by atoms with Gasteiger partial charge in [-0.25, -0.2) is 19.3 Å². The third-order valence-corrected chi connectivity index (χ3v) is 4.70. The van der Waals surface area contributed by atoms with Crippen LogP contribution in [0.3, 0.4) is 0 Å². The lowest BCUT2D eigenvalue weighted by Crippen LogP contribution is -2.15. The molecule has 0 saturated carbocycles. The van der Waals surface area contributed by atoms with Gasteiger partial charge in [-0.3, -0.25) is 9.59 Å². The maximum atomic E-state index is 12.7. The molecule has 1 amide bonds. The van der Waals surface area contributed by atoms with Gasteiger partial charge in [0.25, 0.3) is 5.91 Å². The van der Waals surface area contributed by atoms with Crippen molar-refractivity contribution in [3.8, 4) is 22.8 Å². The van der Waals surface area contributed by atoms with Crippen LogP contribution < -0.4 is 16.2 Å². The lowest BCUT2D eigenvalue weighted by molar-refractivity contribution is 0.0993. The molecule has 2 aromatic carbocycles. The molecule has 0 bridgehead atoms. The van der Waals surface area contributed by atoms with E-state index in [1.807, 2.05) is 6.92 Å².